The number of alkyl halides is 3. The van der Waals surface area contributed by atoms with E-state index in [2.05, 4.69) is 14.7 Å². The number of carbonyl (C=O) groups excluding carboxylic acids is 2. The number of aliphatic hydroxyl groups excluding tert-OH is 1. The van der Waals surface area contributed by atoms with Gasteiger partial charge in [-0.05, 0) is 30.7 Å². The van der Waals surface area contributed by atoms with Gasteiger partial charge in [-0.1, -0.05) is 42.5 Å². The van der Waals surface area contributed by atoms with Crippen molar-refractivity contribution in [3.05, 3.63) is 107 Å². The molecule has 0 saturated heterocycles. The number of ketones is 1. The minimum absolute atomic E-state index is 0.00838. The van der Waals surface area contributed by atoms with Gasteiger partial charge in [0.15, 0.2) is 5.76 Å². The summed E-state index contributed by atoms with van der Waals surface area (Å²) in [7, 11) is 0. The number of hydrogen-bond donors (Lipinski definition) is 1. The normalized spacial score (nSPS) is 15.7. The molecule has 0 saturated carbocycles. The molecule has 4 aromatic rings. The largest absolute Gasteiger partial charge is 0.573 e. The molecular weight excluding hydrogens is 519 g/mol. The Hall–Kier alpha value is -4.51. The molecule has 3 heterocycles. The zero-order valence-corrected chi connectivity index (χ0v) is 20.5. The van der Waals surface area contributed by atoms with Crippen LogP contribution in [0.1, 0.15) is 27.0 Å². The number of nitrogens with zero attached hydrogens (tertiary/aromatic N) is 3. The number of hydrogen-bond acceptors (Lipinski definition) is 7. The van der Waals surface area contributed by atoms with Gasteiger partial charge in [0.05, 0.1) is 22.2 Å². The molecule has 0 bridgehead atoms. The first kappa shape index (κ1) is 25.2. The van der Waals surface area contributed by atoms with E-state index in [1.54, 1.807) is 19.1 Å². The van der Waals surface area contributed by atoms with Crippen molar-refractivity contribution >= 4 is 28.7 Å². The highest BCUT2D eigenvalue weighted by atomic mass is 32.1. The summed E-state index contributed by atoms with van der Waals surface area (Å²) in [5.41, 5.74) is 1.35. The quantitative estimate of drug-likeness (QED) is 0.295. The number of amides is 1. The van der Waals surface area contributed by atoms with Gasteiger partial charge in [0, 0.05) is 29.7 Å². The molecule has 0 fully saturated rings. The number of aliphatic hydroxyl groups is 1. The summed E-state index contributed by atoms with van der Waals surface area (Å²) >= 11 is 1.12. The van der Waals surface area contributed by atoms with Gasteiger partial charge in [-0.2, -0.15) is 0 Å². The molecule has 0 radical (unpaired) electrons. The van der Waals surface area contributed by atoms with E-state index in [-0.39, 0.29) is 16.1 Å². The zero-order chi connectivity index (χ0) is 27.0. The maximum Gasteiger partial charge on any atom is 0.573 e. The lowest BCUT2D eigenvalue weighted by Gasteiger charge is -2.27. The van der Waals surface area contributed by atoms with Crippen LogP contribution >= 0.6 is 11.3 Å². The van der Waals surface area contributed by atoms with Crippen molar-refractivity contribution < 1.29 is 32.6 Å². The zero-order valence-electron chi connectivity index (χ0n) is 19.6. The third kappa shape index (κ3) is 4.75. The maximum absolute atomic E-state index is 13.9. The molecule has 0 spiro atoms. The number of carbonyl (C=O) groups is 2. The van der Waals surface area contributed by atoms with Gasteiger partial charge in [-0.3, -0.25) is 19.5 Å². The molecule has 1 unspecified atom stereocenters. The predicted molar refractivity (Wildman–Crippen MR) is 134 cm³/mol. The number of halogens is 3. The first-order chi connectivity index (χ1) is 18.1. The summed E-state index contributed by atoms with van der Waals surface area (Å²) in [4.78, 5) is 37.0. The second kappa shape index (κ2) is 9.75. The molecule has 7 nitrogen and oxygen atoms in total. The number of aromatic nitrogens is 2. The Morgan fingerprint density at radius 2 is 1.84 bits per heavy atom. The van der Waals surface area contributed by atoms with Crippen LogP contribution in [0.2, 0.25) is 0 Å². The Bertz CT molecular complexity index is 1550. The van der Waals surface area contributed by atoms with Crippen LogP contribution in [-0.4, -0.2) is 33.1 Å². The summed E-state index contributed by atoms with van der Waals surface area (Å²) in [5.74, 6) is -2.93. The van der Waals surface area contributed by atoms with E-state index < -0.39 is 35.6 Å². The molecule has 38 heavy (non-hydrogen) atoms. The molecule has 1 aliphatic rings. The molecule has 2 aromatic carbocycles. The van der Waals surface area contributed by atoms with Gasteiger partial charge in [0.25, 0.3) is 5.91 Å². The third-order valence-electron chi connectivity index (χ3n) is 5.81. The van der Waals surface area contributed by atoms with Crippen LogP contribution in [0.5, 0.6) is 5.75 Å². The average Bonchev–Trinajstić information content (AvgIpc) is 3.41. The van der Waals surface area contributed by atoms with Crippen molar-refractivity contribution in [2.24, 2.45) is 0 Å². The Morgan fingerprint density at radius 1 is 1.08 bits per heavy atom. The van der Waals surface area contributed by atoms with E-state index in [1.807, 2.05) is 30.3 Å². The van der Waals surface area contributed by atoms with Crippen LogP contribution in [0.4, 0.5) is 18.9 Å². The van der Waals surface area contributed by atoms with Gasteiger partial charge in [0.2, 0.25) is 5.78 Å². The Kier molecular flexibility index (Phi) is 6.45. The molecule has 0 aliphatic carbocycles. The van der Waals surface area contributed by atoms with Gasteiger partial charge in [0.1, 0.15) is 10.8 Å². The SMILES string of the molecule is Cc1nc(-c2ccccc2)sc1C(=O)C1=C(O)C(=O)N(c2cccc(OC(F)(F)F)c2)C1c1cccnc1. The number of pyridine rings is 1. The second-order valence-electron chi connectivity index (χ2n) is 8.30. The van der Waals surface area contributed by atoms with Crippen LogP contribution in [0, 0.1) is 6.92 Å². The highest BCUT2D eigenvalue weighted by Gasteiger charge is 2.45. The predicted octanol–water partition coefficient (Wildman–Crippen LogP) is 6.20. The third-order valence-corrected chi connectivity index (χ3v) is 7.01. The molecule has 1 amide bonds. The number of benzene rings is 2. The van der Waals surface area contributed by atoms with E-state index in [1.165, 1.54) is 24.5 Å². The lowest BCUT2D eigenvalue weighted by atomic mass is 9.96. The maximum atomic E-state index is 13.9. The first-order valence-corrected chi connectivity index (χ1v) is 12.1. The van der Waals surface area contributed by atoms with Crippen LogP contribution < -0.4 is 9.64 Å². The number of rotatable bonds is 6. The number of aryl methyl sites for hydroxylation is 1. The van der Waals surface area contributed by atoms with Crippen LogP contribution in [0.15, 0.2) is 90.5 Å². The van der Waals surface area contributed by atoms with Crippen molar-refractivity contribution in [3.8, 4) is 16.3 Å². The fraction of sp³-hybridized carbons (Fsp3) is 0.111. The Labute approximate surface area is 218 Å². The van der Waals surface area contributed by atoms with Crippen molar-refractivity contribution in [1.82, 2.24) is 9.97 Å². The summed E-state index contributed by atoms with van der Waals surface area (Å²) in [5, 5.41) is 11.5. The molecule has 1 N–H and O–H groups in total. The number of Topliss-reactive ketones (excluding diaryl/α,β-unsaturated/α-hetero) is 1. The molecule has 192 valence electrons. The van der Waals surface area contributed by atoms with Gasteiger partial charge in [-0.25, -0.2) is 4.98 Å². The van der Waals surface area contributed by atoms with E-state index in [4.69, 9.17) is 0 Å². The van der Waals surface area contributed by atoms with Gasteiger partial charge >= 0.3 is 6.36 Å². The van der Waals surface area contributed by atoms with Crippen molar-refractivity contribution in [1.29, 1.82) is 0 Å². The molecule has 5 rings (SSSR count). The fourth-order valence-corrected chi connectivity index (χ4v) is 5.25. The molecule has 1 aliphatic heterocycles. The van der Waals surface area contributed by atoms with Gasteiger partial charge < -0.3 is 9.84 Å². The lowest BCUT2D eigenvalue weighted by molar-refractivity contribution is -0.274. The average molecular weight is 538 g/mol. The van der Waals surface area contributed by atoms with Crippen molar-refractivity contribution in [2.45, 2.75) is 19.3 Å². The first-order valence-electron chi connectivity index (χ1n) is 11.2. The molecule has 2 aromatic heterocycles. The highest BCUT2D eigenvalue weighted by molar-refractivity contribution is 7.17. The number of anilines is 1. The minimum atomic E-state index is -4.95. The summed E-state index contributed by atoms with van der Waals surface area (Å²) in [6.07, 6.45) is -2.03. The minimum Gasteiger partial charge on any atom is -0.503 e. The topological polar surface area (TPSA) is 92.6 Å². The molecular formula is C27H18F3N3O4S. The lowest BCUT2D eigenvalue weighted by Crippen LogP contribution is -2.31. The van der Waals surface area contributed by atoms with E-state index in [0.29, 0.717) is 16.3 Å². The standard InChI is InChI=1S/C27H18F3N3O4S/c1-15-24(38-25(32-15)16-7-3-2-4-8-16)22(34)20-21(17-9-6-12-31-14-17)33(26(36)23(20)35)18-10-5-11-19(13-18)37-27(28,29)30/h2-14,21,35H,1H3. The van der Waals surface area contributed by atoms with Crippen LogP contribution in [-0.2, 0) is 4.79 Å². The van der Waals surface area contributed by atoms with Gasteiger partial charge in [-0.15, -0.1) is 24.5 Å². The molecule has 11 heteroatoms. The Morgan fingerprint density at radius 3 is 2.53 bits per heavy atom. The van der Waals surface area contributed by atoms with Crippen molar-refractivity contribution in [2.75, 3.05) is 4.90 Å². The van der Waals surface area contributed by atoms with Crippen LogP contribution in [0.25, 0.3) is 10.6 Å². The molecule has 1 atom stereocenters. The monoisotopic (exact) mass is 537 g/mol. The smallest absolute Gasteiger partial charge is 0.503 e. The van der Waals surface area contributed by atoms with E-state index in [0.717, 1.165) is 33.9 Å². The number of ether oxygens (including phenoxy) is 1. The second-order valence-corrected chi connectivity index (χ2v) is 9.30. The summed E-state index contributed by atoms with van der Waals surface area (Å²) < 4.78 is 42.5. The van der Waals surface area contributed by atoms with Crippen molar-refractivity contribution in [3.63, 3.8) is 0 Å². The Balaban J connectivity index is 1.60. The highest BCUT2D eigenvalue weighted by Crippen LogP contribution is 2.44. The summed E-state index contributed by atoms with van der Waals surface area (Å²) in [6, 6.07) is 16.0. The van der Waals surface area contributed by atoms with E-state index >= 15 is 0 Å². The van der Waals surface area contributed by atoms with E-state index in [9.17, 15) is 27.9 Å². The van der Waals surface area contributed by atoms with Crippen LogP contribution in [0.3, 0.4) is 0 Å². The fourth-order valence-electron chi connectivity index (χ4n) is 4.22. The summed E-state index contributed by atoms with van der Waals surface area (Å²) in [6.45, 7) is 1.65. The number of thiazole rings is 1.